The van der Waals surface area contributed by atoms with Gasteiger partial charge in [0.2, 0.25) is 0 Å². The van der Waals surface area contributed by atoms with Crippen molar-refractivity contribution in [3.63, 3.8) is 0 Å². The van der Waals surface area contributed by atoms with Crippen LogP contribution in [0.2, 0.25) is 0 Å². The van der Waals surface area contributed by atoms with Crippen molar-refractivity contribution in [3.05, 3.63) is 29.6 Å². The minimum absolute atomic E-state index is 0.116. The SMILES string of the molecule is Cc1cc(F)cc(NC2C3CCCOC3C2(C)C)c1. The molecule has 3 atom stereocenters. The van der Waals surface area contributed by atoms with E-state index >= 15 is 0 Å². The summed E-state index contributed by atoms with van der Waals surface area (Å²) < 4.78 is 19.4. The minimum Gasteiger partial charge on any atom is -0.381 e. The van der Waals surface area contributed by atoms with Gasteiger partial charge in [-0.3, -0.25) is 0 Å². The molecular formula is C16H22FNO. The topological polar surface area (TPSA) is 21.3 Å². The largest absolute Gasteiger partial charge is 0.381 e. The molecule has 104 valence electrons. The van der Waals surface area contributed by atoms with Crippen LogP contribution in [0.15, 0.2) is 18.2 Å². The van der Waals surface area contributed by atoms with Crippen molar-refractivity contribution in [2.45, 2.75) is 45.8 Å². The van der Waals surface area contributed by atoms with E-state index in [2.05, 4.69) is 19.2 Å². The summed E-state index contributed by atoms with van der Waals surface area (Å²) in [5, 5.41) is 3.53. The second kappa shape index (κ2) is 4.48. The molecule has 0 bridgehead atoms. The molecule has 0 amide bonds. The molecule has 1 N–H and O–H groups in total. The molecule has 2 fully saturated rings. The van der Waals surface area contributed by atoms with Gasteiger partial charge in [0.1, 0.15) is 5.82 Å². The van der Waals surface area contributed by atoms with E-state index in [1.165, 1.54) is 6.42 Å². The third-order valence-electron chi connectivity index (χ3n) is 4.70. The standard InChI is InChI=1S/C16H22FNO/c1-10-7-11(17)9-12(8-10)18-14-13-5-4-6-19-15(13)16(14,2)3/h7-9,13-15,18H,4-6H2,1-3H3. The maximum absolute atomic E-state index is 13.5. The summed E-state index contributed by atoms with van der Waals surface area (Å²) >= 11 is 0. The normalized spacial score (nSPS) is 32.3. The average Bonchev–Trinajstić information content (AvgIpc) is 2.35. The van der Waals surface area contributed by atoms with Gasteiger partial charge in [-0.25, -0.2) is 4.39 Å². The minimum atomic E-state index is -0.170. The molecular weight excluding hydrogens is 241 g/mol. The molecule has 2 aliphatic rings. The fraction of sp³-hybridized carbons (Fsp3) is 0.625. The number of fused-ring (bicyclic) bond motifs is 1. The monoisotopic (exact) mass is 263 g/mol. The Bertz CT molecular complexity index is 465. The van der Waals surface area contributed by atoms with Crippen LogP contribution in [0.5, 0.6) is 0 Å². The molecule has 3 heteroatoms. The number of hydrogen-bond donors (Lipinski definition) is 1. The Morgan fingerprint density at radius 2 is 2.11 bits per heavy atom. The number of halogens is 1. The quantitative estimate of drug-likeness (QED) is 0.877. The van der Waals surface area contributed by atoms with E-state index in [0.717, 1.165) is 24.3 Å². The van der Waals surface area contributed by atoms with Gasteiger partial charge in [0.15, 0.2) is 0 Å². The molecule has 2 nitrogen and oxygen atoms in total. The smallest absolute Gasteiger partial charge is 0.125 e. The lowest BCUT2D eigenvalue weighted by atomic mass is 9.55. The first-order valence-electron chi connectivity index (χ1n) is 7.14. The van der Waals surface area contributed by atoms with Crippen molar-refractivity contribution in [2.75, 3.05) is 11.9 Å². The molecule has 1 aliphatic heterocycles. The third-order valence-corrected chi connectivity index (χ3v) is 4.70. The van der Waals surface area contributed by atoms with E-state index < -0.39 is 0 Å². The zero-order valence-electron chi connectivity index (χ0n) is 11.9. The lowest BCUT2D eigenvalue weighted by Gasteiger charge is -2.60. The summed E-state index contributed by atoms with van der Waals surface area (Å²) in [5.41, 5.74) is 1.96. The number of anilines is 1. The number of ether oxygens (including phenoxy) is 1. The van der Waals surface area contributed by atoms with Gasteiger partial charge >= 0.3 is 0 Å². The average molecular weight is 263 g/mol. The summed E-state index contributed by atoms with van der Waals surface area (Å²) in [5.74, 6) is 0.392. The summed E-state index contributed by atoms with van der Waals surface area (Å²) in [6.07, 6.45) is 2.70. The molecule has 1 saturated heterocycles. The molecule has 1 aliphatic carbocycles. The Labute approximate surface area is 114 Å². The van der Waals surface area contributed by atoms with E-state index in [1.807, 2.05) is 13.0 Å². The third kappa shape index (κ3) is 2.14. The van der Waals surface area contributed by atoms with Crippen LogP contribution in [-0.2, 0) is 4.74 Å². The number of rotatable bonds is 2. The summed E-state index contributed by atoms with van der Waals surface area (Å²) in [7, 11) is 0. The van der Waals surface area contributed by atoms with E-state index in [-0.39, 0.29) is 11.2 Å². The van der Waals surface area contributed by atoms with Crippen LogP contribution < -0.4 is 5.32 Å². The van der Waals surface area contributed by atoms with E-state index in [1.54, 1.807) is 12.1 Å². The zero-order valence-corrected chi connectivity index (χ0v) is 11.9. The molecule has 0 aromatic heterocycles. The van der Waals surface area contributed by atoms with E-state index in [0.29, 0.717) is 18.1 Å². The van der Waals surface area contributed by atoms with Crippen LogP contribution in [-0.4, -0.2) is 18.8 Å². The van der Waals surface area contributed by atoms with Gasteiger partial charge < -0.3 is 10.1 Å². The second-order valence-electron chi connectivity index (χ2n) is 6.56. The van der Waals surface area contributed by atoms with Gasteiger partial charge in [0, 0.05) is 29.7 Å². The molecule has 19 heavy (non-hydrogen) atoms. The molecule has 3 rings (SSSR count). The van der Waals surface area contributed by atoms with Gasteiger partial charge in [0.25, 0.3) is 0 Å². The highest BCUT2D eigenvalue weighted by Crippen LogP contribution is 2.52. The van der Waals surface area contributed by atoms with Crippen molar-refractivity contribution < 1.29 is 9.13 Å². The molecule has 0 radical (unpaired) electrons. The van der Waals surface area contributed by atoms with Crippen LogP contribution in [0, 0.1) is 24.1 Å². The van der Waals surface area contributed by atoms with Gasteiger partial charge in [-0.1, -0.05) is 13.8 Å². The number of hydrogen-bond acceptors (Lipinski definition) is 2. The Balaban J connectivity index is 1.79. The molecule has 1 aromatic carbocycles. The Morgan fingerprint density at radius 3 is 2.84 bits per heavy atom. The highest BCUT2D eigenvalue weighted by molar-refractivity contribution is 5.48. The molecule has 1 aromatic rings. The highest BCUT2D eigenvalue weighted by Gasteiger charge is 2.57. The number of aryl methyl sites for hydroxylation is 1. The van der Waals surface area contributed by atoms with Crippen LogP contribution in [0.1, 0.15) is 32.3 Å². The summed E-state index contributed by atoms with van der Waals surface area (Å²) in [6, 6.07) is 5.53. The van der Waals surface area contributed by atoms with Crippen LogP contribution >= 0.6 is 0 Å². The number of benzene rings is 1. The second-order valence-corrected chi connectivity index (χ2v) is 6.56. The Hall–Kier alpha value is -1.09. The molecule has 3 unspecified atom stereocenters. The predicted octanol–water partition coefficient (Wildman–Crippen LogP) is 3.75. The van der Waals surface area contributed by atoms with E-state index in [9.17, 15) is 4.39 Å². The van der Waals surface area contributed by atoms with Gasteiger partial charge in [0.05, 0.1) is 6.10 Å². The molecule has 1 heterocycles. The van der Waals surface area contributed by atoms with Crippen molar-refractivity contribution in [1.29, 1.82) is 0 Å². The van der Waals surface area contributed by atoms with Crippen molar-refractivity contribution >= 4 is 5.69 Å². The zero-order chi connectivity index (χ0) is 13.6. The van der Waals surface area contributed by atoms with Gasteiger partial charge in [-0.15, -0.1) is 0 Å². The van der Waals surface area contributed by atoms with Crippen molar-refractivity contribution in [3.8, 4) is 0 Å². The first-order chi connectivity index (χ1) is 8.98. The lowest BCUT2D eigenvalue weighted by Crippen LogP contribution is -2.67. The van der Waals surface area contributed by atoms with Crippen molar-refractivity contribution in [1.82, 2.24) is 0 Å². The Morgan fingerprint density at radius 1 is 1.32 bits per heavy atom. The van der Waals surface area contributed by atoms with Crippen LogP contribution in [0.25, 0.3) is 0 Å². The highest BCUT2D eigenvalue weighted by atomic mass is 19.1. The van der Waals surface area contributed by atoms with Crippen LogP contribution in [0.4, 0.5) is 10.1 Å². The first-order valence-corrected chi connectivity index (χ1v) is 7.14. The van der Waals surface area contributed by atoms with Gasteiger partial charge in [-0.2, -0.15) is 0 Å². The van der Waals surface area contributed by atoms with Crippen molar-refractivity contribution in [2.24, 2.45) is 11.3 Å². The fourth-order valence-electron chi connectivity index (χ4n) is 3.81. The fourth-order valence-corrected chi connectivity index (χ4v) is 3.81. The van der Waals surface area contributed by atoms with Gasteiger partial charge in [-0.05, 0) is 43.5 Å². The lowest BCUT2D eigenvalue weighted by molar-refractivity contribution is -0.177. The summed E-state index contributed by atoms with van der Waals surface area (Å²) in [6.45, 7) is 7.29. The maximum Gasteiger partial charge on any atom is 0.125 e. The first kappa shape index (κ1) is 12.9. The maximum atomic E-state index is 13.5. The molecule has 1 saturated carbocycles. The van der Waals surface area contributed by atoms with Crippen LogP contribution in [0.3, 0.4) is 0 Å². The predicted molar refractivity (Wildman–Crippen MR) is 74.8 cm³/mol. The number of nitrogens with one attached hydrogen (secondary N) is 1. The summed E-state index contributed by atoms with van der Waals surface area (Å²) in [4.78, 5) is 0. The molecule has 0 spiro atoms. The Kier molecular flexibility index (Phi) is 3.05. The van der Waals surface area contributed by atoms with E-state index in [4.69, 9.17) is 4.74 Å².